The molecule has 1 aliphatic rings. The van der Waals surface area contributed by atoms with Crippen LogP contribution in [0.5, 0.6) is 0 Å². The Kier molecular flexibility index (Phi) is 7.47. The van der Waals surface area contributed by atoms with E-state index in [2.05, 4.69) is 0 Å². The number of rotatable bonds is 6. The van der Waals surface area contributed by atoms with E-state index in [0.717, 1.165) is 5.56 Å². The summed E-state index contributed by atoms with van der Waals surface area (Å²) in [6.07, 6.45) is 3.59. The van der Waals surface area contributed by atoms with Gasteiger partial charge in [-0.1, -0.05) is 36.4 Å². The smallest absolute Gasteiger partial charge is 0.412 e. The third-order valence-electron chi connectivity index (χ3n) is 4.57. The molecule has 2 atom stereocenters. The summed E-state index contributed by atoms with van der Waals surface area (Å²) < 4.78 is 16.8. The molecule has 0 aliphatic carbocycles. The Morgan fingerprint density at radius 1 is 1.21 bits per heavy atom. The van der Waals surface area contributed by atoms with Gasteiger partial charge in [0.2, 0.25) is 0 Å². The van der Waals surface area contributed by atoms with Gasteiger partial charge in [-0.15, -0.1) is 0 Å². The number of carbonyl (C=O) groups excluding carboxylic acids is 2. The monoisotopic (exact) mass is 403 g/mol. The summed E-state index contributed by atoms with van der Waals surface area (Å²) in [7, 11) is 0. The standard InChI is InChI=1S/C23H33NO5/c1-7-27-20(25)15-11-14-19-18(16-17-12-9-8-10-13-17)24(23(5,6)28-19)21(26)29-22(2,3)4/h8-13,15,18-19H,7,14,16H2,1-6H3. The van der Waals surface area contributed by atoms with Crippen molar-refractivity contribution in [2.45, 2.75) is 77.9 Å². The molecule has 0 aromatic heterocycles. The molecule has 1 amide bonds. The first kappa shape index (κ1) is 22.9. The molecule has 0 N–H and O–H groups in total. The molecule has 1 fully saturated rings. The van der Waals surface area contributed by atoms with Crippen molar-refractivity contribution >= 4 is 12.1 Å². The van der Waals surface area contributed by atoms with Crippen LogP contribution < -0.4 is 0 Å². The molecule has 0 radical (unpaired) electrons. The lowest BCUT2D eigenvalue weighted by atomic mass is 9.98. The second kappa shape index (κ2) is 9.44. The van der Waals surface area contributed by atoms with Crippen LogP contribution in [0.3, 0.4) is 0 Å². The van der Waals surface area contributed by atoms with Crippen LogP contribution in [0.1, 0.15) is 53.5 Å². The number of carbonyl (C=O) groups is 2. The fourth-order valence-electron chi connectivity index (χ4n) is 3.51. The lowest BCUT2D eigenvalue weighted by molar-refractivity contribution is -0.137. The largest absolute Gasteiger partial charge is 0.463 e. The first-order valence-corrected chi connectivity index (χ1v) is 10.1. The first-order chi connectivity index (χ1) is 13.5. The number of ether oxygens (including phenoxy) is 3. The van der Waals surface area contributed by atoms with E-state index in [1.165, 1.54) is 6.08 Å². The molecule has 1 aromatic carbocycles. The summed E-state index contributed by atoms with van der Waals surface area (Å²) >= 11 is 0. The van der Waals surface area contributed by atoms with E-state index >= 15 is 0 Å². The molecule has 1 heterocycles. The number of amides is 1. The van der Waals surface area contributed by atoms with Gasteiger partial charge in [-0.3, -0.25) is 4.90 Å². The molecule has 0 saturated carbocycles. The minimum Gasteiger partial charge on any atom is -0.463 e. The minimum absolute atomic E-state index is 0.228. The van der Waals surface area contributed by atoms with Gasteiger partial charge in [0.25, 0.3) is 0 Å². The predicted octanol–water partition coefficient (Wildman–Crippen LogP) is 4.48. The van der Waals surface area contributed by atoms with Crippen molar-refractivity contribution in [2.24, 2.45) is 0 Å². The van der Waals surface area contributed by atoms with E-state index in [0.29, 0.717) is 19.4 Å². The third-order valence-corrected chi connectivity index (χ3v) is 4.57. The van der Waals surface area contributed by atoms with Gasteiger partial charge in [-0.05, 0) is 59.9 Å². The minimum atomic E-state index is -0.829. The Hall–Kier alpha value is -2.34. The Bertz CT molecular complexity index is 721. The van der Waals surface area contributed by atoms with E-state index in [9.17, 15) is 9.59 Å². The van der Waals surface area contributed by atoms with Crippen LogP contribution in [0.4, 0.5) is 4.79 Å². The number of nitrogens with zero attached hydrogens (tertiary/aromatic N) is 1. The van der Waals surface area contributed by atoms with E-state index in [4.69, 9.17) is 14.2 Å². The Morgan fingerprint density at radius 2 is 1.86 bits per heavy atom. The maximum Gasteiger partial charge on any atom is 0.412 e. The molecule has 1 saturated heterocycles. The van der Waals surface area contributed by atoms with Crippen molar-refractivity contribution < 1.29 is 23.8 Å². The van der Waals surface area contributed by atoms with Crippen LogP contribution in [0, 0.1) is 0 Å². The van der Waals surface area contributed by atoms with Gasteiger partial charge in [0.1, 0.15) is 11.3 Å². The predicted molar refractivity (Wildman–Crippen MR) is 111 cm³/mol. The summed E-state index contributed by atoms with van der Waals surface area (Å²) in [5, 5.41) is 0. The van der Waals surface area contributed by atoms with Crippen molar-refractivity contribution in [1.82, 2.24) is 4.90 Å². The van der Waals surface area contributed by atoms with Gasteiger partial charge in [-0.2, -0.15) is 0 Å². The topological polar surface area (TPSA) is 65.1 Å². The van der Waals surface area contributed by atoms with Gasteiger partial charge in [0.15, 0.2) is 0 Å². The van der Waals surface area contributed by atoms with E-state index < -0.39 is 17.4 Å². The fourth-order valence-corrected chi connectivity index (χ4v) is 3.51. The van der Waals surface area contributed by atoms with Crippen LogP contribution in [-0.4, -0.2) is 47.0 Å². The second-order valence-corrected chi connectivity index (χ2v) is 8.60. The number of benzene rings is 1. The molecule has 0 spiro atoms. The van der Waals surface area contributed by atoms with Crippen molar-refractivity contribution in [3.05, 3.63) is 48.0 Å². The highest BCUT2D eigenvalue weighted by atomic mass is 16.6. The molecule has 6 nitrogen and oxygen atoms in total. The molecule has 2 rings (SSSR count). The van der Waals surface area contributed by atoms with Crippen molar-refractivity contribution in [1.29, 1.82) is 0 Å². The van der Waals surface area contributed by atoms with Gasteiger partial charge < -0.3 is 14.2 Å². The average Bonchev–Trinajstić information content (AvgIpc) is 2.84. The molecular weight excluding hydrogens is 370 g/mol. The van der Waals surface area contributed by atoms with Gasteiger partial charge >= 0.3 is 12.1 Å². The highest BCUT2D eigenvalue weighted by Crippen LogP contribution is 2.36. The average molecular weight is 404 g/mol. The SMILES string of the molecule is CCOC(=O)C=CCC1OC(C)(C)N(C(=O)OC(C)(C)C)C1Cc1ccccc1. The zero-order valence-corrected chi connectivity index (χ0v) is 18.3. The van der Waals surface area contributed by atoms with E-state index in [1.807, 2.05) is 65.0 Å². The number of esters is 1. The quantitative estimate of drug-likeness (QED) is 0.518. The summed E-state index contributed by atoms with van der Waals surface area (Å²) in [5.41, 5.74) is -0.330. The Morgan fingerprint density at radius 3 is 2.45 bits per heavy atom. The summed E-state index contributed by atoms with van der Waals surface area (Å²) in [5.74, 6) is -0.381. The highest BCUT2D eigenvalue weighted by Gasteiger charge is 2.50. The molecule has 29 heavy (non-hydrogen) atoms. The van der Waals surface area contributed by atoms with Gasteiger partial charge in [0.05, 0.1) is 18.8 Å². The third kappa shape index (κ3) is 6.60. The van der Waals surface area contributed by atoms with Crippen LogP contribution in [0.2, 0.25) is 0 Å². The number of hydrogen-bond acceptors (Lipinski definition) is 5. The summed E-state index contributed by atoms with van der Waals surface area (Å²) in [6.45, 7) is 11.4. The normalized spacial score (nSPS) is 21.4. The van der Waals surface area contributed by atoms with E-state index in [1.54, 1.807) is 17.9 Å². The highest BCUT2D eigenvalue weighted by molar-refractivity contribution is 5.81. The van der Waals surface area contributed by atoms with Crippen LogP contribution in [-0.2, 0) is 25.4 Å². The van der Waals surface area contributed by atoms with Gasteiger partial charge in [-0.25, -0.2) is 9.59 Å². The number of hydrogen-bond donors (Lipinski definition) is 0. The zero-order valence-electron chi connectivity index (χ0n) is 18.3. The molecular formula is C23H33NO5. The lowest BCUT2D eigenvalue weighted by Crippen LogP contribution is -2.51. The van der Waals surface area contributed by atoms with Gasteiger partial charge in [0, 0.05) is 6.08 Å². The molecule has 160 valence electrons. The molecule has 0 bridgehead atoms. The zero-order chi connectivity index (χ0) is 21.7. The molecule has 1 aromatic rings. The van der Waals surface area contributed by atoms with Crippen LogP contribution in [0.15, 0.2) is 42.5 Å². The second-order valence-electron chi connectivity index (χ2n) is 8.60. The van der Waals surface area contributed by atoms with Crippen molar-refractivity contribution in [3.63, 3.8) is 0 Å². The Labute approximate surface area is 173 Å². The van der Waals surface area contributed by atoms with Crippen LogP contribution in [0.25, 0.3) is 0 Å². The summed E-state index contributed by atoms with van der Waals surface area (Å²) in [4.78, 5) is 26.3. The first-order valence-electron chi connectivity index (χ1n) is 10.1. The molecule has 1 aliphatic heterocycles. The fraction of sp³-hybridized carbons (Fsp3) is 0.565. The molecule has 6 heteroatoms. The van der Waals surface area contributed by atoms with E-state index in [-0.39, 0.29) is 18.1 Å². The van der Waals surface area contributed by atoms with Crippen molar-refractivity contribution in [3.8, 4) is 0 Å². The maximum atomic E-state index is 13.0. The lowest BCUT2D eigenvalue weighted by Gasteiger charge is -2.35. The molecule has 2 unspecified atom stereocenters. The summed E-state index contributed by atoms with van der Waals surface area (Å²) in [6, 6.07) is 9.75. The Balaban J connectivity index is 2.26. The van der Waals surface area contributed by atoms with Crippen molar-refractivity contribution in [2.75, 3.05) is 6.61 Å². The maximum absolute atomic E-state index is 13.0. The van der Waals surface area contributed by atoms with Crippen LogP contribution >= 0.6 is 0 Å².